The predicted octanol–water partition coefficient (Wildman–Crippen LogP) is 2.34. The van der Waals surface area contributed by atoms with Crippen LogP contribution in [-0.2, 0) is 4.74 Å². The highest BCUT2D eigenvalue weighted by Gasteiger charge is 2.38. The van der Waals surface area contributed by atoms with Crippen LogP contribution in [0.5, 0.6) is 0 Å². The highest BCUT2D eigenvalue weighted by molar-refractivity contribution is 4.93. The summed E-state index contributed by atoms with van der Waals surface area (Å²) in [6.07, 6.45) is 11.6. The first kappa shape index (κ1) is 17.3. The molecule has 1 atom stereocenters. The lowest BCUT2D eigenvalue weighted by Crippen LogP contribution is -2.49. The molecule has 138 valence electrons. The van der Waals surface area contributed by atoms with E-state index in [4.69, 9.17) is 4.74 Å². The molecule has 0 amide bonds. The Bertz CT molecular complexity index is 380. The number of hydrogen-bond donors (Lipinski definition) is 1. The van der Waals surface area contributed by atoms with Crippen molar-refractivity contribution < 1.29 is 4.74 Å². The van der Waals surface area contributed by atoms with Crippen LogP contribution in [0.2, 0.25) is 0 Å². The number of morpholine rings is 1. The third-order valence-corrected chi connectivity index (χ3v) is 7.37. The van der Waals surface area contributed by atoms with Gasteiger partial charge in [0.2, 0.25) is 0 Å². The van der Waals surface area contributed by atoms with Crippen molar-refractivity contribution in [1.82, 2.24) is 15.1 Å². The van der Waals surface area contributed by atoms with E-state index in [2.05, 4.69) is 15.1 Å². The maximum absolute atomic E-state index is 5.50. The molecule has 1 spiro atoms. The molecule has 24 heavy (non-hydrogen) atoms. The Hall–Kier alpha value is -0.160. The van der Waals surface area contributed by atoms with Gasteiger partial charge in [-0.3, -0.25) is 4.90 Å². The van der Waals surface area contributed by atoms with Gasteiger partial charge >= 0.3 is 0 Å². The molecule has 4 fully saturated rings. The minimum Gasteiger partial charge on any atom is -0.379 e. The number of likely N-dealkylation sites (tertiary alicyclic amines) is 1. The zero-order valence-electron chi connectivity index (χ0n) is 15.5. The van der Waals surface area contributed by atoms with Crippen molar-refractivity contribution in [2.45, 2.75) is 57.4 Å². The van der Waals surface area contributed by atoms with Crippen LogP contribution in [0, 0.1) is 11.3 Å². The van der Waals surface area contributed by atoms with Gasteiger partial charge < -0.3 is 15.0 Å². The SMILES string of the molecule is C1C[C@H](CN2CCOCC2)CN(C2CCC3(CCNCC3)CC2)C1. The Morgan fingerprint density at radius 1 is 0.917 bits per heavy atom. The predicted molar refractivity (Wildman–Crippen MR) is 98.3 cm³/mol. The summed E-state index contributed by atoms with van der Waals surface area (Å²) in [5.74, 6) is 0.895. The summed E-state index contributed by atoms with van der Waals surface area (Å²) in [5.41, 5.74) is 0.713. The normalized spacial score (nSPS) is 33.8. The molecule has 0 aromatic rings. The maximum atomic E-state index is 5.50. The highest BCUT2D eigenvalue weighted by Crippen LogP contribution is 2.44. The fourth-order valence-corrected chi connectivity index (χ4v) is 5.76. The Morgan fingerprint density at radius 3 is 2.42 bits per heavy atom. The van der Waals surface area contributed by atoms with E-state index in [1.165, 1.54) is 84.1 Å². The maximum Gasteiger partial charge on any atom is 0.0594 e. The number of piperidine rings is 2. The zero-order valence-corrected chi connectivity index (χ0v) is 15.5. The first-order valence-corrected chi connectivity index (χ1v) is 10.6. The summed E-state index contributed by atoms with van der Waals surface area (Å²) < 4.78 is 5.50. The molecular weight excluding hydrogens is 298 g/mol. The second kappa shape index (κ2) is 8.03. The zero-order chi connectivity index (χ0) is 16.2. The Kier molecular flexibility index (Phi) is 5.77. The van der Waals surface area contributed by atoms with Gasteiger partial charge in [0.25, 0.3) is 0 Å². The van der Waals surface area contributed by atoms with E-state index in [1.54, 1.807) is 0 Å². The molecule has 0 aromatic carbocycles. The molecule has 1 saturated carbocycles. The summed E-state index contributed by atoms with van der Waals surface area (Å²) in [7, 11) is 0. The van der Waals surface area contributed by atoms with Crippen molar-refractivity contribution in [3.05, 3.63) is 0 Å². The van der Waals surface area contributed by atoms with Gasteiger partial charge in [0.1, 0.15) is 0 Å². The Labute approximate surface area is 148 Å². The molecule has 3 saturated heterocycles. The number of nitrogens with zero attached hydrogens (tertiary/aromatic N) is 2. The second-order valence-corrected chi connectivity index (χ2v) is 8.90. The minimum absolute atomic E-state index is 0.713. The molecule has 0 aromatic heterocycles. The molecule has 1 N–H and O–H groups in total. The molecule has 4 aliphatic rings. The molecule has 4 nitrogen and oxygen atoms in total. The summed E-state index contributed by atoms with van der Waals surface area (Å²) in [5, 5.41) is 3.55. The third-order valence-electron chi connectivity index (χ3n) is 7.37. The molecule has 0 bridgehead atoms. The lowest BCUT2D eigenvalue weighted by Gasteiger charge is -2.47. The van der Waals surface area contributed by atoms with Crippen LogP contribution < -0.4 is 5.32 Å². The number of rotatable bonds is 3. The Balaban J connectivity index is 1.25. The van der Waals surface area contributed by atoms with E-state index in [-0.39, 0.29) is 0 Å². The van der Waals surface area contributed by atoms with E-state index in [0.717, 1.165) is 38.3 Å². The van der Waals surface area contributed by atoms with Gasteiger partial charge in [0, 0.05) is 32.2 Å². The minimum atomic E-state index is 0.713. The van der Waals surface area contributed by atoms with Gasteiger partial charge in [0.15, 0.2) is 0 Å². The van der Waals surface area contributed by atoms with Crippen molar-refractivity contribution >= 4 is 0 Å². The standard InChI is InChI=1S/C20H37N3O/c1-2-18(16-22-12-14-24-15-13-22)17-23(11-1)19-3-5-20(6-4-19)7-9-21-10-8-20/h18-19,21H,1-17H2/t18-/m1/s1. The smallest absolute Gasteiger partial charge is 0.0594 e. The Morgan fingerprint density at radius 2 is 1.67 bits per heavy atom. The summed E-state index contributed by atoms with van der Waals surface area (Å²) in [6.45, 7) is 10.7. The summed E-state index contributed by atoms with van der Waals surface area (Å²) in [4.78, 5) is 5.52. The average Bonchev–Trinajstić information content (AvgIpc) is 2.64. The first-order chi connectivity index (χ1) is 11.8. The fourth-order valence-electron chi connectivity index (χ4n) is 5.76. The third kappa shape index (κ3) is 4.14. The van der Waals surface area contributed by atoms with Crippen molar-refractivity contribution in [3.63, 3.8) is 0 Å². The molecule has 4 rings (SSSR count). The molecule has 0 unspecified atom stereocenters. The number of nitrogens with one attached hydrogen (secondary N) is 1. The summed E-state index contributed by atoms with van der Waals surface area (Å²) in [6, 6.07) is 0.887. The van der Waals surface area contributed by atoms with E-state index >= 15 is 0 Å². The summed E-state index contributed by atoms with van der Waals surface area (Å²) >= 11 is 0. The van der Waals surface area contributed by atoms with E-state index in [9.17, 15) is 0 Å². The monoisotopic (exact) mass is 335 g/mol. The van der Waals surface area contributed by atoms with Crippen molar-refractivity contribution in [2.24, 2.45) is 11.3 Å². The fraction of sp³-hybridized carbons (Fsp3) is 1.00. The molecule has 1 aliphatic carbocycles. The second-order valence-electron chi connectivity index (χ2n) is 8.90. The van der Waals surface area contributed by atoms with Crippen LogP contribution in [0.1, 0.15) is 51.4 Å². The molecule has 0 radical (unpaired) electrons. The molecule has 3 aliphatic heterocycles. The van der Waals surface area contributed by atoms with E-state index in [1.807, 2.05) is 0 Å². The lowest BCUT2D eigenvalue weighted by atomic mass is 9.67. The average molecular weight is 336 g/mol. The van der Waals surface area contributed by atoms with Crippen molar-refractivity contribution in [3.8, 4) is 0 Å². The quantitative estimate of drug-likeness (QED) is 0.857. The van der Waals surface area contributed by atoms with Gasteiger partial charge in [-0.15, -0.1) is 0 Å². The van der Waals surface area contributed by atoms with Crippen LogP contribution in [0.25, 0.3) is 0 Å². The van der Waals surface area contributed by atoms with Crippen LogP contribution in [0.3, 0.4) is 0 Å². The highest BCUT2D eigenvalue weighted by atomic mass is 16.5. The van der Waals surface area contributed by atoms with Crippen LogP contribution in [0.4, 0.5) is 0 Å². The van der Waals surface area contributed by atoms with Gasteiger partial charge in [-0.1, -0.05) is 0 Å². The topological polar surface area (TPSA) is 27.7 Å². The van der Waals surface area contributed by atoms with E-state index in [0.29, 0.717) is 5.41 Å². The lowest BCUT2D eigenvalue weighted by molar-refractivity contribution is 0.0101. The van der Waals surface area contributed by atoms with Crippen molar-refractivity contribution in [2.75, 3.05) is 59.0 Å². The van der Waals surface area contributed by atoms with Crippen LogP contribution >= 0.6 is 0 Å². The first-order valence-electron chi connectivity index (χ1n) is 10.6. The number of hydrogen-bond acceptors (Lipinski definition) is 4. The molecular formula is C20H37N3O. The van der Waals surface area contributed by atoms with Gasteiger partial charge in [-0.05, 0) is 82.3 Å². The van der Waals surface area contributed by atoms with Gasteiger partial charge in [-0.25, -0.2) is 0 Å². The molecule has 3 heterocycles. The van der Waals surface area contributed by atoms with E-state index < -0.39 is 0 Å². The molecule has 4 heteroatoms. The number of ether oxygens (including phenoxy) is 1. The van der Waals surface area contributed by atoms with Crippen LogP contribution in [0.15, 0.2) is 0 Å². The van der Waals surface area contributed by atoms with Gasteiger partial charge in [-0.2, -0.15) is 0 Å². The van der Waals surface area contributed by atoms with Crippen LogP contribution in [-0.4, -0.2) is 74.9 Å². The largest absolute Gasteiger partial charge is 0.379 e. The van der Waals surface area contributed by atoms with Crippen molar-refractivity contribution in [1.29, 1.82) is 0 Å². The van der Waals surface area contributed by atoms with Gasteiger partial charge in [0.05, 0.1) is 13.2 Å².